The second-order valence-corrected chi connectivity index (χ2v) is 8.61. The fourth-order valence-electron chi connectivity index (χ4n) is 4.40. The first kappa shape index (κ1) is 17.1. The van der Waals surface area contributed by atoms with Gasteiger partial charge in [0.15, 0.2) is 5.58 Å². The van der Waals surface area contributed by atoms with Crippen LogP contribution in [-0.4, -0.2) is 65.4 Å². The van der Waals surface area contributed by atoms with Crippen LogP contribution in [0.15, 0.2) is 22.9 Å². The van der Waals surface area contributed by atoms with Gasteiger partial charge in [-0.2, -0.15) is 11.8 Å². The van der Waals surface area contributed by atoms with Gasteiger partial charge in [-0.3, -0.25) is 9.59 Å². The molecule has 6 rings (SSSR count). The van der Waals surface area contributed by atoms with Crippen molar-refractivity contribution in [2.75, 3.05) is 42.6 Å². The highest BCUT2D eigenvalue weighted by atomic mass is 32.2. The Balaban J connectivity index is 1.39. The Labute approximate surface area is 161 Å². The molecule has 0 spiro atoms. The Morgan fingerprint density at radius 1 is 1.30 bits per heavy atom. The lowest BCUT2D eigenvalue weighted by Crippen LogP contribution is -2.57. The molecule has 2 bridgehead atoms. The van der Waals surface area contributed by atoms with Gasteiger partial charge in [-0.25, -0.2) is 4.98 Å². The van der Waals surface area contributed by atoms with Gasteiger partial charge in [0, 0.05) is 30.3 Å². The maximum absolute atomic E-state index is 12.8. The van der Waals surface area contributed by atoms with E-state index in [2.05, 4.69) is 15.2 Å². The van der Waals surface area contributed by atoms with E-state index in [1.54, 1.807) is 35.2 Å². The van der Waals surface area contributed by atoms with Crippen molar-refractivity contribution in [3.8, 4) is 0 Å². The van der Waals surface area contributed by atoms with E-state index in [0.29, 0.717) is 29.5 Å². The first-order valence-corrected chi connectivity index (χ1v) is 10.6. The molecule has 8 heteroatoms. The number of carbonyl (C=O) groups excluding carboxylic acids is 2. The smallest absolute Gasteiger partial charge is 0.270 e. The fraction of sp³-hybridized carbons (Fsp3) is 0.526. The summed E-state index contributed by atoms with van der Waals surface area (Å²) in [4.78, 5) is 33.5. The summed E-state index contributed by atoms with van der Waals surface area (Å²) in [6.07, 6.45) is 5.47. The number of amides is 2. The number of thioether (sulfide) groups is 1. The van der Waals surface area contributed by atoms with Crippen molar-refractivity contribution in [1.82, 2.24) is 15.2 Å². The third-order valence-corrected chi connectivity index (χ3v) is 6.85. The zero-order chi connectivity index (χ0) is 18.4. The second kappa shape index (κ2) is 6.83. The first-order chi connectivity index (χ1) is 13.2. The van der Waals surface area contributed by atoms with Crippen LogP contribution < -0.4 is 10.2 Å². The molecule has 0 radical (unpaired) electrons. The monoisotopic (exact) mass is 386 g/mol. The largest absolute Gasteiger partial charge is 0.460 e. The van der Waals surface area contributed by atoms with E-state index in [9.17, 15) is 9.59 Å². The molecule has 1 N–H and O–H groups in total. The lowest BCUT2D eigenvalue weighted by Gasteiger charge is -2.44. The highest BCUT2D eigenvalue weighted by molar-refractivity contribution is 8.00. The number of carbonyl (C=O) groups is 2. The topological polar surface area (TPSA) is 78.7 Å². The molecular weight excluding hydrogens is 364 g/mol. The number of fused-ring (bicyclic) bond motifs is 4. The Kier molecular flexibility index (Phi) is 4.32. The van der Waals surface area contributed by atoms with Gasteiger partial charge >= 0.3 is 0 Å². The minimum atomic E-state index is -0.150. The molecule has 1 unspecified atom stereocenters. The lowest BCUT2D eigenvalue weighted by molar-refractivity contribution is -0.116. The van der Waals surface area contributed by atoms with Gasteiger partial charge in [0.1, 0.15) is 12.0 Å². The third-order valence-electron chi connectivity index (χ3n) is 5.92. The number of hydrogen-bond acceptors (Lipinski definition) is 6. The van der Waals surface area contributed by atoms with Crippen molar-refractivity contribution >= 4 is 40.2 Å². The summed E-state index contributed by atoms with van der Waals surface area (Å²) >= 11 is 1.64. The summed E-state index contributed by atoms with van der Waals surface area (Å²) in [7, 11) is 0. The van der Waals surface area contributed by atoms with E-state index in [4.69, 9.17) is 4.42 Å². The van der Waals surface area contributed by atoms with Crippen LogP contribution in [0.3, 0.4) is 0 Å². The minimum Gasteiger partial charge on any atom is -0.460 e. The predicted octanol–water partition coefficient (Wildman–Crippen LogP) is 1.73. The van der Waals surface area contributed by atoms with Gasteiger partial charge in [-0.05, 0) is 37.9 Å². The van der Waals surface area contributed by atoms with Crippen molar-refractivity contribution in [3.63, 3.8) is 0 Å². The molecule has 2 amide bonds. The summed E-state index contributed by atoms with van der Waals surface area (Å²) in [5, 5.41) is 3.94. The van der Waals surface area contributed by atoms with Crippen LogP contribution in [-0.2, 0) is 4.79 Å². The second-order valence-electron chi connectivity index (χ2n) is 7.50. The average Bonchev–Trinajstić information content (AvgIpc) is 3.12. The number of pyridine rings is 1. The Bertz CT molecular complexity index is 890. The van der Waals surface area contributed by atoms with E-state index < -0.39 is 0 Å². The standard InChI is InChI=1S/C19H22N4O3S/c24-18-11-27-6-5-23(18)16-10-26-17-8-20-14(7-13(16)17)19(25)21-15-9-22-3-1-12(15)2-4-22/h7-8,10,12,15H,1-6,9,11H2,(H,21,25). The molecule has 2 aromatic heterocycles. The predicted molar refractivity (Wildman–Crippen MR) is 104 cm³/mol. The van der Waals surface area contributed by atoms with Crippen LogP contribution in [0.5, 0.6) is 0 Å². The fourth-order valence-corrected chi connectivity index (χ4v) is 5.18. The molecular formula is C19H22N4O3S. The van der Waals surface area contributed by atoms with Crippen molar-refractivity contribution in [1.29, 1.82) is 0 Å². The van der Waals surface area contributed by atoms with E-state index in [0.717, 1.165) is 49.3 Å². The summed E-state index contributed by atoms with van der Waals surface area (Å²) in [6.45, 7) is 3.86. The van der Waals surface area contributed by atoms with Gasteiger partial charge in [-0.15, -0.1) is 0 Å². The Hall–Kier alpha value is -2.06. The van der Waals surface area contributed by atoms with Crippen LogP contribution >= 0.6 is 11.8 Å². The average molecular weight is 386 g/mol. The van der Waals surface area contributed by atoms with Gasteiger partial charge in [-0.1, -0.05) is 0 Å². The van der Waals surface area contributed by atoms with E-state index in [1.165, 1.54) is 0 Å². The van der Waals surface area contributed by atoms with Crippen molar-refractivity contribution in [2.24, 2.45) is 5.92 Å². The summed E-state index contributed by atoms with van der Waals surface area (Å²) < 4.78 is 5.57. The van der Waals surface area contributed by atoms with Crippen LogP contribution in [0.25, 0.3) is 11.0 Å². The highest BCUT2D eigenvalue weighted by Crippen LogP contribution is 2.32. The molecule has 6 heterocycles. The lowest BCUT2D eigenvalue weighted by atomic mass is 9.84. The summed E-state index contributed by atoms with van der Waals surface area (Å²) in [5.41, 5.74) is 1.70. The normalized spacial score (nSPS) is 27.9. The first-order valence-electron chi connectivity index (χ1n) is 9.47. The van der Waals surface area contributed by atoms with E-state index in [-0.39, 0.29) is 17.9 Å². The molecule has 27 heavy (non-hydrogen) atoms. The zero-order valence-corrected chi connectivity index (χ0v) is 15.8. The zero-order valence-electron chi connectivity index (χ0n) is 15.0. The van der Waals surface area contributed by atoms with Crippen molar-refractivity contribution in [2.45, 2.75) is 18.9 Å². The van der Waals surface area contributed by atoms with E-state index >= 15 is 0 Å². The number of aromatic nitrogens is 1. The summed E-state index contributed by atoms with van der Waals surface area (Å²) in [5.74, 6) is 1.86. The van der Waals surface area contributed by atoms with E-state index in [1.807, 2.05) is 0 Å². The molecule has 0 aliphatic carbocycles. The molecule has 0 aromatic carbocycles. The number of hydrogen-bond donors (Lipinski definition) is 1. The molecule has 4 aliphatic rings. The maximum Gasteiger partial charge on any atom is 0.270 e. The Morgan fingerprint density at radius 2 is 2.15 bits per heavy atom. The number of piperidine rings is 3. The highest BCUT2D eigenvalue weighted by Gasteiger charge is 2.35. The molecule has 0 saturated carbocycles. The van der Waals surface area contributed by atoms with Crippen LogP contribution in [0.4, 0.5) is 5.69 Å². The van der Waals surface area contributed by atoms with Gasteiger partial charge in [0.2, 0.25) is 5.91 Å². The van der Waals surface area contributed by atoms with Gasteiger partial charge in [0.05, 0.1) is 17.6 Å². The number of nitrogens with one attached hydrogen (secondary N) is 1. The number of anilines is 1. The molecule has 1 atom stereocenters. The maximum atomic E-state index is 12.8. The molecule has 4 aliphatic heterocycles. The Morgan fingerprint density at radius 3 is 2.89 bits per heavy atom. The number of rotatable bonds is 3. The van der Waals surface area contributed by atoms with Crippen LogP contribution in [0.2, 0.25) is 0 Å². The molecule has 4 fully saturated rings. The summed E-state index contributed by atoms with van der Waals surface area (Å²) in [6, 6.07) is 1.95. The minimum absolute atomic E-state index is 0.0732. The van der Waals surface area contributed by atoms with Gasteiger partial charge in [0.25, 0.3) is 5.91 Å². The molecule has 4 saturated heterocycles. The van der Waals surface area contributed by atoms with Gasteiger partial charge < -0.3 is 19.5 Å². The van der Waals surface area contributed by atoms with Crippen LogP contribution in [0, 0.1) is 5.92 Å². The van der Waals surface area contributed by atoms with Crippen LogP contribution in [0.1, 0.15) is 23.3 Å². The quantitative estimate of drug-likeness (QED) is 0.866. The third kappa shape index (κ3) is 3.10. The molecule has 7 nitrogen and oxygen atoms in total. The molecule has 2 aromatic rings. The SMILES string of the molecule is O=C(NC1CN2CCC1CC2)c1cc2c(N3CCSCC3=O)coc2cn1. The van der Waals surface area contributed by atoms with Crippen molar-refractivity contribution in [3.05, 3.63) is 24.2 Å². The van der Waals surface area contributed by atoms with Crippen molar-refractivity contribution < 1.29 is 14.0 Å². The number of furan rings is 1. The molecule has 142 valence electrons. The number of nitrogens with zero attached hydrogens (tertiary/aromatic N) is 3.